The molecule has 0 spiro atoms. The molecule has 1 aromatic heterocycles. The Hall–Kier alpha value is -2.73. The van der Waals surface area contributed by atoms with Crippen LogP contribution in [0.3, 0.4) is 0 Å². The monoisotopic (exact) mass is 467 g/mol. The Morgan fingerprint density at radius 3 is 2.32 bits per heavy atom. The van der Waals surface area contributed by atoms with Crippen LogP contribution in [0.15, 0.2) is 40.2 Å². The lowest BCUT2D eigenvalue weighted by molar-refractivity contribution is -0.151. The smallest absolute Gasteiger partial charge is 0.323 e. The number of aryl methyl sites for hydroxylation is 3. The van der Waals surface area contributed by atoms with Crippen LogP contribution in [0.2, 0.25) is 0 Å². The van der Waals surface area contributed by atoms with Crippen LogP contribution in [0.5, 0.6) is 0 Å². The number of hydrogen-bond donors (Lipinski definition) is 1. The molecule has 2 unspecified atom stereocenters. The highest BCUT2D eigenvalue weighted by molar-refractivity contribution is 6.03. The molecule has 0 aliphatic carbocycles. The molecule has 6 nitrogen and oxygen atoms in total. The fraction of sp³-hybridized carbons (Fsp3) is 0.536. The summed E-state index contributed by atoms with van der Waals surface area (Å²) in [7, 11) is 1.78. The fourth-order valence-electron chi connectivity index (χ4n) is 3.81. The first-order valence-electron chi connectivity index (χ1n) is 12.2. The average Bonchev–Trinajstić information content (AvgIpc) is 2.76. The van der Waals surface area contributed by atoms with Crippen LogP contribution in [0, 0.1) is 25.7 Å². The number of aliphatic imine (C=N–C) groups is 1. The summed E-state index contributed by atoms with van der Waals surface area (Å²) in [6.07, 6.45) is 2.67. The van der Waals surface area contributed by atoms with Gasteiger partial charge >= 0.3 is 5.97 Å². The number of carbonyl (C=O) groups is 1. The highest BCUT2D eigenvalue weighted by Crippen LogP contribution is 2.25. The van der Waals surface area contributed by atoms with E-state index in [4.69, 9.17) is 9.73 Å². The van der Waals surface area contributed by atoms with Crippen molar-refractivity contribution in [3.63, 3.8) is 0 Å². The molecule has 0 bridgehead atoms. The van der Waals surface area contributed by atoms with Crippen molar-refractivity contribution in [3.05, 3.63) is 63.1 Å². The molecule has 186 valence electrons. The Bertz CT molecular complexity index is 1060. The molecule has 1 N–H and O–H groups in total. The van der Waals surface area contributed by atoms with Crippen molar-refractivity contribution >= 4 is 17.4 Å². The molecule has 1 heterocycles. The fourth-order valence-corrected chi connectivity index (χ4v) is 3.81. The van der Waals surface area contributed by atoms with E-state index in [2.05, 4.69) is 37.4 Å². The Labute approximate surface area is 204 Å². The number of rotatable bonds is 10. The summed E-state index contributed by atoms with van der Waals surface area (Å²) in [5.74, 6) is 0.118. The van der Waals surface area contributed by atoms with Gasteiger partial charge in [-0.2, -0.15) is 0 Å². The van der Waals surface area contributed by atoms with Gasteiger partial charge in [0.2, 0.25) is 0 Å². The Balaban J connectivity index is 2.39. The highest BCUT2D eigenvalue weighted by Gasteiger charge is 2.24. The number of benzene rings is 1. The molecule has 2 atom stereocenters. The highest BCUT2D eigenvalue weighted by atomic mass is 16.5. The van der Waals surface area contributed by atoms with Crippen molar-refractivity contribution in [2.24, 2.45) is 23.9 Å². The second-order valence-corrected chi connectivity index (χ2v) is 9.84. The number of ether oxygens (including phenoxy) is 1. The topological polar surface area (TPSA) is 72.7 Å². The Morgan fingerprint density at radius 1 is 1.09 bits per heavy atom. The van der Waals surface area contributed by atoms with Gasteiger partial charge in [-0.05, 0) is 69.2 Å². The van der Waals surface area contributed by atoms with E-state index in [1.165, 1.54) is 0 Å². The minimum Gasteiger partial charge on any atom is -0.462 e. The van der Waals surface area contributed by atoms with Crippen molar-refractivity contribution in [3.8, 4) is 0 Å². The third kappa shape index (κ3) is 7.13. The first kappa shape index (κ1) is 27.5. The van der Waals surface area contributed by atoms with E-state index in [1.807, 2.05) is 53.8 Å². The molecule has 0 aliphatic rings. The van der Waals surface area contributed by atoms with Gasteiger partial charge in [-0.15, -0.1) is 0 Å². The van der Waals surface area contributed by atoms with Gasteiger partial charge in [-0.25, -0.2) is 0 Å². The largest absolute Gasteiger partial charge is 0.462 e. The minimum atomic E-state index is -0.375. The first-order valence-corrected chi connectivity index (χ1v) is 12.2. The molecule has 0 saturated carbocycles. The van der Waals surface area contributed by atoms with E-state index in [9.17, 15) is 9.59 Å². The third-order valence-corrected chi connectivity index (χ3v) is 6.05. The number of hydrogen-bond acceptors (Lipinski definition) is 5. The number of pyridine rings is 1. The molecule has 1 aromatic carbocycles. The summed E-state index contributed by atoms with van der Waals surface area (Å²) in [6.45, 7) is 16.5. The van der Waals surface area contributed by atoms with E-state index in [0.29, 0.717) is 12.1 Å². The van der Waals surface area contributed by atoms with Crippen molar-refractivity contribution in [1.29, 1.82) is 0 Å². The van der Waals surface area contributed by atoms with Crippen molar-refractivity contribution in [2.45, 2.75) is 80.5 Å². The van der Waals surface area contributed by atoms with E-state index in [-0.39, 0.29) is 35.5 Å². The van der Waals surface area contributed by atoms with E-state index < -0.39 is 0 Å². The maximum Gasteiger partial charge on any atom is 0.323 e. The van der Waals surface area contributed by atoms with Crippen LogP contribution >= 0.6 is 0 Å². The molecular weight excluding hydrogens is 426 g/mol. The van der Waals surface area contributed by atoms with Gasteiger partial charge in [0, 0.05) is 30.9 Å². The first-order chi connectivity index (χ1) is 15.9. The van der Waals surface area contributed by atoms with Crippen molar-refractivity contribution in [1.82, 2.24) is 9.88 Å². The number of aromatic nitrogens is 1. The van der Waals surface area contributed by atoms with Gasteiger partial charge in [-0.3, -0.25) is 14.6 Å². The molecule has 2 rings (SSSR count). The molecule has 0 aliphatic heterocycles. The SMILES string of the molecule is CCC(C)C(=Nc1cc(CNC(C(=O)OC(C)C)C(C)C)ccc1C)c1cc(C)c(=O)n(C)c1. The normalized spacial score (nSPS) is 13.9. The second-order valence-electron chi connectivity index (χ2n) is 9.84. The van der Waals surface area contributed by atoms with Crippen LogP contribution in [0.25, 0.3) is 0 Å². The predicted molar refractivity (Wildman–Crippen MR) is 140 cm³/mol. The number of esters is 1. The molecule has 0 radical (unpaired) electrons. The number of carbonyl (C=O) groups excluding carboxylic acids is 1. The molecule has 6 heteroatoms. The summed E-state index contributed by atoms with van der Waals surface area (Å²) in [5, 5.41) is 3.37. The molecular formula is C28H41N3O3. The van der Waals surface area contributed by atoms with Crippen LogP contribution in [-0.4, -0.2) is 28.4 Å². The zero-order chi connectivity index (χ0) is 25.6. The summed E-state index contributed by atoms with van der Waals surface area (Å²) >= 11 is 0. The molecule has 0 fully saturated rings. The lowest BCUT2D eigenvalue weighted by atomic mass is 9.96. The average molecular weight is 468 g/mol. The molecule has 2 aromatic rings. The van der Waals surface area contributed by atoms with Gasteiger partial charge in [0.25, 0.3) is 5.56 Å². The molecule has 0 saturated heterocycles. The Kier molecular flexibility index (Phi) is 9.80. The van der Waals surface area contributed by atoms with Gasteiger partial charge in [0.15, 0.2) is 0 Å². The van der Waals surface area contributed by atoms with Crippen LogP contribution < -0.4 is 10.9 Å². The number of nitrogens with one attached hydrogen (secondary N) is 1. The summed E-state index contributed by atoms with van der Waals surface area (Å²) in [4.78, 5) is 29.8. The Morgan fingerprint density at radius 2 is 1.76 bits per heavy atom. The van der Waals surface area contributed by atoms with E-state index >= 15 is 0 Å². The van der Waals surface area contributed by atoms with Crippen molar-refractivity contribution < 1.29 is 9.53 Å². The van der Waals surface area contributed by atoms with E-state index in [1.54, 1.807) is 11.6 Å². The zero-order valence-electron chi connectivity index (χ0n) is 22.2. The maximum absolute atomic E-state index is 12.5. The van der Waals surface area contributed by atoms with Crippen molar-refractivity contribution in [2.75, 3.05) is 0 Å². The van der Waals surface area contributed by atoms with Gasteiger partial charge < -0.3 is 14.6 Å². The summed E-state index contributed by atoms with van der Waals surface area (Å²) in [5.41, 5.74) is 5.67. The van der Waals surface area contributed by atoms with Gasteiger partial charge in [-0.1, -0.05) is 39.8 Å². The lowest BCUT2D eigenvalue weighted by Crippen LogP contribution is -2.42. The molecule has 34 heavy (non-hydrogen) atoms. The zero-order valence-corrected chi connectivity index (χ0v) is 22.2. The quantitative estimate of drug-likeness (QED) is 0.383. The molecule has 0 amide bonds. The second kappa shape index (κ2) is 12.1. The summed E-state index contributed by atoms with van der Waals surface area (Å²) < 4.78 is 7.05. The number of nitrogens with zero attached hydrogens (tertiary/aromatic N) is 2. The summed E-state index contributed by atoms with van der Waals surface area (Å²) in [6, 6.07) is 7.75. The van der Waals surface area contributed by atoms with E-state index in [0.717, 1.165) is 34.5 Å². The minimum absolute atomic E-state index is 0.00667. The third-order valence-electron chi connectivity index (χ3n) is 6.05. The van der Waals surface area contributed by atoms with Gasteiger partial charge in [0.05, 0.1) is 17.5 Å². The lowest BCUT2D eigenvalue weighted by Gasteiger charge is -2.22. The van der Waals surface area contributed by atoms with Crippen LogP contribution in [0.4, 0.5) is 5.69 Å². The predicted octanol–water partition coefficient (Wildman–Crippen LogP) is 5.23. The maximum atomic E-state index is 12.5. The van der Waals surface area contributed by atoms with Crippen LogP contribution in [-0.2, 0) is 23.1 Å². The standard InChI is InChI=1S/C28H41N3O3/c1-10-19(6)26(23-13-21(8)27(32)31(9)16-23)30-24-14-22(12-11-20(24)7)15-29-25(17(2)3)28(33)34-18(4)5/h11-14,16-19,25,29H,10,15H2,1-9H3. The van der Waals surface area contributed by atoms with Gasteiger partial charge in [0.1, 0.15) is 6.04 Å². The van der Waals surface area contributed by atoms with Crippen LogP contribution in [0.1, 0.15) is 70.2 Å².